The molecule has 0 saturated carbocycles. The second-order valence-corrected chi connectivity index (χ2v) is 11.5. The third-order valence-corrected chi connectivity index (χ3v) is 10.0. The number of fused-ring (bicyclic) bond motifs is 1. The molecule has 1 heterocycles. The quantitative estimate of drug-likeness (QED) is 0.432. The molecule has 28 heavy (non-hydrogen) atoms. The van der Waals surface area contributed by atoms with Gasteiger partial charge in [0.05, 0.1) is 6.10 Å². The molecule has 0 N–H and O–H groups in total. The smallest absolute Gasteiger partial charge is 0.377 e. The van der Waals surface area contributed by atoms with Gasteiger partial charge in [0.25, 0.3) is 0 Å². The van der Waals surface area contributed by atoms with Crippen LogP contribution in [0.15, 0.2) is 47.4 Å². The van der Waals surface area contributed by atoms with Gasteiger partial charge >= 0.3 is 15.6 Å². The van der Waals surface area contributed by atoms with Gasteiger partial charge in [0.15, 0.2) is 0 Å². The maximum absolute atomic E-state index is 13.1. The lowest BCUT2D eigenvalue weighted by Crippen LogP contribution is -2.28. The number of rotatable bonds is 7. The van der Waals surface area contributed by atoms with Gasteiger partial charge in [-0.2, -0.15) is 21.6 Å². The first-order chi connectivity index (χ1) is 13.2. The summed E-state index contributed by atoms with van der Waals surface area (Å²) in [4.78, 5) is 0.528. The lowest BCUT2D eigenvalue weighted by Gasteiger charge is -2.35. The molecule has 0 aromatic heterocycles. The van der Waals surface area contributed by atoms with Crippen LogP contribution in [0.25, 0.3) is 10.8 Å². The van der Waals surface area contributed by atoms with Gasteiger partial charge in [0.1, 0.15) is 0 Å². The van der Waals surface area contributed by atoms with Crippen molar-refractivity contribution >= 4 is 31.2 Å². The molecule has 1 saturated heterocycles. The summed E-state index contributed by atoms with van der Waals surface area (Å²) in [5.74, 6) is 0.354. The summed E-state index contributed by atoms with van der Waals surface area (Å²) in [5.41, 5.74) is -5.46. The molecule has 2 aromatic rings. The van der Waals surface area contributed by atoms with Crippen LogP contribution in [0.5, 0.6) is 0 Å². The number of hydrogen-bond acceptors (Lipinski definition) is 4. The summed E-state index contributed by atoms with van der Waals surface area (Å²) in [7, 11) is -8.45. The lowest BCUT2D eigenvalue weighted by atomic mass is 10.1. The first kappa shape index (κ1) is 21.4. The molecule has 2 atom stereocenters. The van der Waals surface area contributed by atoms with E-state index in [4.69, 9.17) is 8.37 Å². The van der Waals surface area contributed by atoms with Crippen LogP contribution in [0, 0.1) is 0 Å². The third-order valence-electron chi connectivity index (χ3n) is 4.73. The standard InChI is InChI=1S/C19H23F3O4S2/c1-2-3-12-25-16-11-13-27(14-16,26-28(23,24)19(20,21)22)18-10-6-8-15-7-4-5-9-17(15)18/h4-10,16H,2-3,11-14H2,1H3. The zero-order valence-electron chi connectivity index (χ0n) is 15.4. The van der Waals surface area contributed by atoms with Crippen molar-refractivity contribution < 1.29 is 30.0 Å². The molecular formula is C19H23F3O4S2. The van der Waals surface area contributed by atoms with Crippen LogP contribution >= 0.6 is 10.3 Å². The molecule has 0 bridgehead atoms. The van der Waals surface area contributed by atoms with Crippen LogP contribution in [-0.2, 0) is 18.5 Å². The van der Waals surface area contributed by atoms with Crippen LogP contribution in [-0.4, -0.2) is 38.1 Å². The maximum Gasteiger partial charge on any atom is 0.523 e. The van der Waals surface area contributed by atoms with Crippen LogP contribution in [0.2, 0.25) is 0 Å². The summed E-state index contributed by atoms with van der Waals surface area (Å²) in [6, 6.07) is 12.5. The molecule has 1 aliphatic rings. The van der Waals surface area contributed by atoms with Gasteiger partial charge in [-0.3, -0.25) is 0 Å². The summed E-state index contributed by atoms with van der Waals surface area (Å²) < 4.78 is 74.0. The SMILES string of the molecule is CCCCOC1CCS(OS(=O)(=O)C(F)(F)F)(c2cccc3ccccc23)C1. The minimum Gasteiger partial charge on any atom is -0.377 e. The minimum atomic E-state index is -5.72. The Bertz CT molecular complexity index is 925. The summed E-state index contributed by atoms with van der Waals surface area (Å²) in [6.07, 6.45) is 1.93. The molecule has 1 fully saturated rings. The fraction of sp³-hybridized carbons (Fsp3) is 0.474. The zero-order chi connectivity index (χ0) is 20.4. The molecule has 0 radical (unpaired) electrons. The molecular weight excluding hydrogens is 413 g/mol. The van der Waals surface area contributed by atoms with Gasteiger partial charge < -0.3 is 4.74 Å². The first-order valence-electron chi connectivity index (χ1n) is 9.09. The van der Waals surface area contributed by atoms with Crippen LogP contribution in [0.4, 0.5) is 13.2 Å². The molecule has 3 rings (SSSR count). The summed E-state index contributed by atoms with van der Waals surface area (Å²) >= 11 is 0. The highest BCUT2D eigenvalue weighted by Gasteiger charge is 2.53. The summed E-state index contributed by atoms with van der Waals surface area (Å²) in [5, 5.41) is 1.54. The van der Waals surface area contributed by atoms with E-state index in [0.717, 1.165) is 18.2 Å². The Morgan fingerprint density at radius 1 is 1.14 bits per heavy atom. The Kier molecular flexibility index (Phi) is 6.29. The van der Waals surface area contributed by atoms with Crippen molar-refractivity contribution in [3.63, 3.8) is 0 Å². The highest BCUT2D eigenvalue weighted by molar-refractivity contribution is 8.33. The highest BCUT2D eigenvalue weighted by atomic mass is 32.3. The fourth-order valence-electron chi connectivity index (χ4n) is 3.34. The van der Waals surface area contributed by atoms with Gasteiger partial charge in [-0.15, -0.1) is 0 Å². The van der Waals surface area contributed by atoms with Gasteiger partial charge in [0.2, 0.25) is 0 Å². The van der Waals surface area contributed by atoms with Crippen molar-refractivity contribution in [3.8, 4) is 0 Å². The Labute approximate surface area is 164 Å². The van der Waals surface area contributed by atoms with Gasteiger partial charge in [0, 0.05) is 23.0 Å². The normalized spacial score (nSPS) is 25.6. The van der Waals surface area contributed by atoms with E-state index >= 15 is 0 Å². The Balaban J connectivity index is 2.03. The van der Waals surface area contributed by atoms with Gasteiger partial charge in [-0.05, 0) is 29.7 Å². The average Bonchev–Trinajstić information content (AvgIpc) is 3.04. The molecule has 2 aromatic carbocycles. The van der Waals surface area contributed by atoms with E-state index in [1.54, 1.807) is 24.3 Å². The molecule has 156 valence electrons. The molecule has 0 spiro atoms. The number of hydrogen-bond donors (Lipinski definition) is 0. The first-order valence-corrected chi connectivity index (χ1v) is 12.4. The van der Waals surface area contributed by atoms with Gasteiger partial charge in [-0.1, -0.05) is 60.1 Å². The fourth-order valence-corrected chi connectivity index (χ4v) is 8.80. The van der Waals surface area contributed by atoms with Crippen molar-refractivity contribution in [1.82, 2.24) is 0 Å². The van der Waals surface area contributed by atoms with Crippen molar-refractivity contribution in [2.75, 3.05) is 18.1 Å². The van der Waals surface area contributed by atoms with Crippen molar-refractivity contribution in [2.24, 2.45) is 0 Å². The second-order valence-electron chi connectivity index (χ2n) is 6.76. The number of ether oxygens (including phenoxy) is 1. The van der Waals surface area contributed by atoms with E-state index in [2.05, 4.69) is 0 Å². The van der Waals surface area contributed by atoms with E-state index in [-0.39, 0.29) is 17.6 Å². The minimum absolute atomic E-state index is 0.139. The molecule has 4 nitrogen and oxygen atoms in total. The molecule has 0 amide bonds. The van der Waals surface area contributed by atoms with E-state index in [9.17, 15) is 21.6 Å². The van der Waals surface area contributed by atoms with E-state index in [1.807, 2.05) is 25.1 Å². The molecule has 2 unspecified atom stereocenters. The van der Waals surface area contributed by atoms with Crippen LogP contribution in [0.3, 0.4) is 0 Å². The van der Waals surface area contributed by atoms with E-state index in [0.29, 0.717) is 23.3 Å². The number of unbranched alkanes of at least 4 members (excludes halogenated alkanes) is 1. The predicted octanol–water partition coefficient (Wildman–Crippen LogP) is 5.37. The van der Waals surface area contributed by atoms with Crippen LogP contribution < -0.4 is 0 Å². The lowest BCUT2D eigenvalue weighted by molar-refractivity contribution is -0.0496. The monoisotopic (exact) mass is 436 g/mol. The average molecular weight is 437 g/mol. The van der Waals surface area contributed by atoms with E-state index < -0.39 is 25.9 Å². The largest absolute Gasteiger partial charge is 0.523 e. The highest BCUT2D eigenvalue weighted by Crippen LogP contribution is 2.65. The number of alkyl halides is 3. The Morgan fingerprint density at radius 2 is 1.86 bits per heavy atom. The van der Waals surface area contributed by atoms with Gasteiger partial charge in [-0.25, -0.2) is 3.63 Å². The molecule has 1 aliphatic heterocycles. The van der Waals surface area contributed by atoms with E-state index in [1.165, 1.54) is 0 Å². The Morgan fingerprint density at radius 3 is 2.57 bits per heavy atom. The molecule has 9 heteroatoms. The number of halogens is 3. The predicted molar refractivity (Wildman–Crippen MR) is 105 cm³/mol. The third kappa shape index (κ3) is 4.32. The van der Waals surface area contributed by atoms with Crippen LogP contribution in [0.1, 0.15) is 26.2 Å². The van der Waals surface area contributed by atoms with Crippen molar-refractivity contribution in [3.05, 3.63) is 42.5 Å². The number of benzene rings is 2. The second kappa shape index (κ2) is 8.22. The zero-order valence-corrected chi connectivity index (χ0v) is 17.1. The topological polar surface area (TPSA) is 52.6 Å². The van der Waals surface area contributed by atoms with Crippen molar-refractivity contribution in [1.29, 1.82) is 0 Å². The summed E-state index contributed by atoms with van der Waals surface area (Å²) in [6.45, 7) is 2.51. The Hall–Kier alpha value is -1.29. The van der Waals surface area contributed by atoms with Crippen molar-refractivity contribution in [2.45, 2.75) is 42.7 Å². The molecule has 0 aliphatic carbocycles. The maximum atomic E-state index is 13.1.